The van der Waals surface area contributed by atoms with Gasteiger partial charge in [0.05, 0.1) is 13.4 Å². The molecule has 0 atom stereocenters. The monoisotopic (exact) mass is 229 g/mol. The molecule has 0 amide bonds. The molecular weight excluding hydrogens is 218 g/mol. The molecule has 0 aliphatic rings. The SMILES string of the molecule is COc1cccn2c(N)c(-c3ccco3)nc12. The summed E-state index contributed by atoms with van der Waals surface area (Å²) in [5.74, 6) is 1.86. The van der Waals surface area contributed by atoms with Gasteiger partial charge >= 0.3 is 0 Å². The van der Waals surface area contributed by atoms with Crippen LogP contribution in [-0.2, 0) is 0 Å². The van der Waals surface area contributed by atoms with Gasteiger partial charge in [-0.15, -0.1) is 0 Å². The van der Waals surface area contributed by atoms with Crippen LogP contribution >= 0.6 is 0 Å². The number of nitrogens with zero attached hydrogens (tertiary/aromatic N) is 2. The highest BCUT2D eigenvalue weighted by Crippen LogP contribution is 2.30. The molecule has 0 unspecified atom stereocenters. The predicted octanol–water partition coefficient (Wildman–Crippen LogP) is 2.19. The van der Waals surface area contributed by atoms with E-state index in [1.54, 1.807) is 23.8 Å². The van der Waals surface area contributed by atoms with Crippen molar-refractivity contribution in [2.45, 2.75) is 0 Å². The highest BCUT2D eigenvalue weighted by atomic mass is 16.5. The highest BCUT2D eigenvalue weighted by molar-refractivity contribution is 5.74. The van der Waals surface area contributed by atoms with Crippen LogP contribution in [0.15, 0.2) is 41.1 Å². The molecule has 0 aliphatic carbocycles. The molecule has 86 valence electrons. The summed E-state index contributed by atoms with van der Waals surface area (Å²) in [5, 5.41) is 0. The summed E-state index contributed by atoms with van der Waals surface area (Å²) in [4.78, 5) is 4.44. The number of hydrogen-bond acceptors (Lipinski definition) is 4. The first-order chi connectivity index (χ1) is 8.31. The molecule has 17 heavy (non-hydrogen) atoms. The fourth-order valence-electron chi connectivity index (χ4n) is 1.81. The van der Waals surface area contributed by atoms with E-state index in [4.69, 9.17) is 14.9 Å². The number of furan rings is 1. The van der Waals surface area contributed by atoms with Crippen LogP contribution < -0.4 is 10.5 Å². The van der Waals surface area contributed by atoms with Crippen molar-refractivity contribution in [2.75, 3.05) is 12.8 Å². The molecule has 5 heteroatoms. The quantitative estimate of drug-likeness (QED) is 0.731. The lowest BCUT2D eigenvalue weighted by molar-refractivity contribution is 0.417. The zero-order valence-corrected chi connectivity index (χ0v) is 9.25. The molecule has 0 spiro atoms. The van der Waals surface area contributed by atoms with Crippen LogP contribution in [0.25, 0.3) is 17.1 Å². The number of methoxy groups -OCH3 is 1. The molecule has 0 fully saturated rings. The zero-order valence-electron chi connectivity index (χ0n) is 9.25. The molecule has 0 radical (unpaired) electrons. The molecular formula is C12H11N3O2. The Bertz CT molecular complexity index is 656. The summed E-state index contributed by atoms with van der Waals surface area (Å²) in [6, 6.07) is 7.32. The summed E-state index contributed by atoms with van der Waals surface area (Å²) in [5.41, 5.74) is 7.34. The van der Waals surface area contributed by atoms with Gasteiger partial charge in [-0.2, -0.15) is 0 Å². The number of fused-ring (bicyclic) bond motifs is 1. The fourth-order valence-corrected chi connectivity index (χ4v) is 1.81. The molecule has 0 saturated heterocycles. The standard InChI is InChI=1S/C12H11N3O2/c1-16-9-4-2-6-15-11(13)10(14-12(9)15)8-5-3-7-17-8/h2-7H,13H2,1H3. The number of anilines is 1. The molecule has 5 nitrogen and oxygen atoms in total. The van der Waals surface area contributed by atoms with Crippen LogP contribution in [0.5, 0.6) is 5.75 Å². The second kappa shape index (κ2) is 3.55. The van der Waals surface area contributed by atoms with E-state index in [0.29, 0.717) is 28.7 Å². The summed E-state index contributed by atoms with van der Waals surface area (Å²) in [6.45, 7) is 0. The van der Waals surface area contributed by atoms with Crippen LogP contribution in [0, 0.1) is 0 Å². The molecule has 2 N–H and O–H groups in total. The fraction of sp³-hybridized carbons (Fsp3) is 0.0833. The molecule has 3 aromatic rings. The number of nitrogen functional groups attached to an aromatic ring is 1. The maximum atomic E-state index is 6.04. The number of aromatic nitrogens is 2. The molecule has 3 aromatic heterocycles. The highest BCUT2D eigenvalue weighted by Gasteiger charge is 2.15. The van der Waals surface area contributed by atoms with Crippen LogP contribution in [-0.4, -0.2) is 16.5 Å². The van der Waals surface area contributed by atoms with Gasteiger partial charge in [0.1, 0.15) is 11.5 Å². The van der Waals surface area contributed by atoms with E-state index in [1.165, 1.54) is 0 Å². The Balaban J connectivity index is 2.32. The Kier molecular flexibility index (Phi) is 2.04. The van der Waals surface area contributed by atoms with Gasteiger partial charge < -0.3 is 14.9 Å². The molecule has 0 bridgehead atoms. The van der Waals surface area contributed by atoms with Gasteiger partial charge in [0.2, 0.25) is 0 Å². The minimum absolute atomic E-state index is 0.536. The van der Waals surface area contributed by atoms with E-state index < -0.39 is 0 Å². The smallest absolute Gasteiger partial charge is 0.182 e. The Morgan fingerprint density at radius 1 is 1.35 bits per heavy atom. The number of imidazole rings is 1. The molecule has 3 rings (SSSR count). The van der Waals surface area contributed by atoms with Crippen LogP contribution in [0.2, 0.25) is 0 Å². The van der Waals surface area contributed by atoms with Gasteiger partial charge in [-0.3, -0.25) is 4.40 Å². The lowest BCUT2D eigenvalue weighted by atomic mass is 10.3. The topological polar surface area (TPSA) is 65.7 Å². The van der Waals surface area contributed by atoms with Crippen molar-refractivity contribution in [3.05, 3.63) is 36.7 Å². The van der Waals surface area contributed by atoms with E-state index >= 15 is 0 Å². The molecule has 0 aliphatic heterocycles. The average molecular weight is 229 g/mol. The Labute approximate surface area is 97.4 Å². The summed E-state index contributed by atoms with van der Waals surface area (Å²) < 4.78 is 12.3. The van der Waals surface area contributed by atoms with Gasteiger partial charge in [0.15, 0.2) is 17.2 Å². The predicted molar refractivity (Wildman–Crippen MR) is 63.9 cm³/mol. The van der Waals surface area contributed by atoms with E-state index in [9.17, 15) is 0 Å². The average Bonchev–Trinajstić information content (AvgIpc) is 2.97. The third-order valence-electron chi connectivity index (χ3n) is 2.63. The van der Waals surface area contributed by atoms with Crippen molar-refractivity contribution in [1.29, 1.82) is 0 Å². The second-order valence-corrected chi connectivity index (χ2v) is 3.59. The van der Waals surface area contributed by atoms with Crippen LogP contribution in [0.3, 0.4) is 0 Å². The molecule has 3 heterocycles. The summed E-state index contributed by atoms with van der Waals surface area (Å²) in [6.07, 6.45) is 3.43. The number of pyridine rings is 1. The maximum absolute atomic E-state index is 6.04. The lowest BCUT2D eigenvalue weighted by Gasteiger charge is -2.01. The summed E-state index contributed by atoms with van der Waals surface area (Å²) >= 11 is 0. The third-order valence-corrected chi connectivity index (χ3v) is 2.63. The first kappa shape index (κ1) is 9.77. The second-order valence-electron chi connectivity index (χ2n) is 3.59. The number of ether oxygens (including phenoxy) is 1. The van der Waals surface area contributed by atoms with Crippen molar-refractivity contribution >= 4 is 11.5 Å². The van der Waals surface area contributed by atoms with Gasteiger partial charge in [-0.25, -0.2) is 4.98 Å². The zero-order chi connectivity index (χ0) is 11.8. The van der Waals surface area contributed by atoms with E-state index in [2.05, 4.69) is 4.98 Å². The van der Waals surface area contributed by atoms with Crippen LogP contribution in [0.1, 0.15) is 0 Å². The normalized spacial score (nSPS) is 10.9. The van der Waals surface area contributed by atoms with Crippen molar-refractivity contribution in [3.63, 3.8) is 0 Å². The Morgan fingerprint density at radius 2 is 2.24 bits per heavy atom. The minimum atomic E-state index is 0.536. The van der Waals surface area contributed by atoms with E-state index in [1.807, 2.05) is 24.4 Å². The van der Waals surface area contributed by atoms with Gasteiger partial charge in [0, 0.05) is 6.20 Å². The molecule has 0 aromatic carbocycles. The van der Waals surface area contributed by atoms with Crippen molar-refractivity contribution in [3.8, 4) is 17.2 Å². The van der Waals surface area contributed by atoms with E-state index in [-0.39, 0.29) is 0 Å². The first-order valence-corrected chi connectivity index (χ1v) is 5.15. The lowest BCUT2D eigenvalue weighted by Crippen LogP contribution is -1.94. The van der Waals surface area contributed by atoms with Crippen LogP contribution in [0.4, 0.5) is 5.82 Å². The van der Waals surface area contributed by atoms with Gasteiger partial charge in [-0.05, 0) is 24.3 Å². The van der Waals surface area contributed by atoms with E-state index in [0.717, 1.165) is 0 Å². The van der Waals surface area contributed by atoms with Crippen molar-refractivity contribution < 1.29 is 9.15 Å². The Morgan fingerprint density at radius 3 is 2.94 bits per heavy atom. The Hall–Kier alpha value is -2.43. The van der Waals surface area contributed by atoms with Crippen molar-refractivity contribution in [1.82, 2.24) is 9.38 Å². The minimum Gasteiger partial charge on any atom is -0.493 e. The summed E-state index contributed by atoms with van der Waals surface area (Å²) in [7, 11) is 1.60. The number of nitrogens with two attached hydrogens (primary N) is 1. The largest absolute Gasteiger partial charge is 0.493 e. The number of hydrogen-bond donors (Lipinski definition) is 1. The first-order valence-electron chi connectivity index (χ1n) is 5.15. The number of rotatable bonds is 2. The molecule has 0 saturated carbocycles. The van der Waals surface area contributed by atoms with Crippen molar-refractivity contribution in [2.24, 2.45) is 0 Å². The van der Waals surface area contributed by atoms with Gasteiger partial charge in [0.25, 0.3) is 0 Å². The maximum Gasteiger partial charge on any atom is 0.182 e. The third kappa shape index (κ3) is 1.36. The van der Waals surface area contributed by atoms with Gasteiger partial charge in [-0.1, -0.05) is 0 Å².